The highest BCUT2D eigenvalue weighted by Gasteiger charge is 2.45. The maximum absolute atomic E-state index is 16.2. The minimum atomic E-state index is -5.27. The van der Waals surface area contributed by atoms with Crippen LogP contribution in [0.25, 0.3) is 0 Å². The molecule has 0 aromatic heterocycles. The van der Waals surface area contributed by atoms with Gasteiger partial charge in [0, 0.05) is 10.0 Å². The van der Waals surface area contributed by atoms with E-state index in [0.717, 1.165) is 0 Å². The molecule has 0 fully saturated rings. The highest BCUT2D eigenvalue weighted by Crippen LogP contribution is 2.43. The van der Waals surface area contributed by atoms with Gasteiger partial charge >= 0.3 is 18.2 Å². The number of ether oxygens (including phenoxy) is 2. The van der Waals surface area contributed by atoms with E-state index in [1.54, 1.807) is 56.4 Å². The second-order valence-electron chi connectivity index (χ2n) is 12.9. The first kappa shape index (κ1) is 38.5. The van der Waals surface area contributed by atoms with E-state index in [4.69, 9.17) is 13.9 Å². The molecule has 1 atom stereocenters. The monoisotopic (exact) mass is 720 g/mol. The summed E-state index contributed by atoms with van der Waals surface area (Å²) in [6, 6.07) is 9.21. The number of carbonyl (C=O) groups excluding carboxylic acids is 2. The summed E-state index contributed by atoms with van der Waals surface area (Å²) in [7, 11) is -2.44. The van der Waals surface area contributed by atoms with Gasteiger partial charge in [0.25, 0.3) is 0 Å². The lowest BCUT2D eigenvalue weighted by Crippen LogP contribution is -2.51. The van der Waals surface area contributed by atoms with Crippen molar-refractivity contribution in [2.24, 2.45) is 0 Å². The molecule has 0 unspecified atom stereocenters. The number of anilines is 1. The van der Waals surface area contributed by atoms with Gasteiger partial charge in [0.05, 0.1) is 12.6 Å². The molecule has 0 aliphatic rings. The zero-order chi connectivity index (χ0) is 34.3. The standard InChI is InChI=1S/C32H45BrF4N2O5Si/c1-19(2)45(20(3)4,21(5)6)43-18-23(38-30(41)44-31(7,8)9)15-24-25(33)16-26(42-17-22-13-11-10-12-14-22)28(27(24)34)39-29(40)32(35,36)37/h10-14,16,19-21,23H,15,17-18H2,1-9H3,(H,38,41)(H,39,40)/t23-/m1/s1. The van der Waals surface area contributed by atoms with Crippen molar-refractivity contribution in [3.63, 3.8) is 0 Å². The van der Waals surface area contributed by atoms with Crippen LogP contribution >= 0.6 is 15.9 Å². The lowest BCUT2D eigenvalue weighted by atomic mass is 10.0. The number of nitrogens with one attached hydrogen (secondary N) is 2. The van der Waals surface area contributed by atoms with Crippen molar-refractivity contribution in [1.29, 1.82) is 0 Å². The second kappa shape index (κ2) is 15.8. The molecule has 13 heteroatoms. The predicted molar refractivity (Wildman–Crippen MR) is 173 cm³/mol. The topological polar surface area (TPSA) is 85.9 Å². The maximum atomic E-state index is 16.2. The van der Waals surface area contributed by atoms with Crippen LogP contribution in [-0.2, 0) is 27.0 Å². The van der Waals surface area contributed by atoms with Crippen molar-refractivity contribution in [3.8, 4) is 5.75 Å². The summed E-state index contributed by atoms with van der Waals surface area (Å²) in [5.74, 6) is -3.79. The number of alkyl halides is 3. The highest BCUT2D eigenvalue weighted by atomic mass is 79.9. The summed E-state index contributed by atoms with van der Waals surface area (Å²) in [5, 5.41) is 4.41. The van der Waals surface area contributed by atoms with Crippen LogP contribution in [0.3, 0.4) is 0 Å². The van der Waals surface area contributed by atoms with E-state index in [1.165, 1.54) is 6.07 Å². The Balaban J connectivity index is 2.57. The quantitative estimate of drug-likeness (QED) is 0.159. The van der Waals surface area contributed by atoms with Crippen molar-refractivity contribution < 1.29 is 41.1 Å². The largest absolute Gasteiger partial charge is 0.487 e. The van der Waals surface area contributed by atoms with Crippen molar-refractivity contribution in [2.45, 2.75) is 110 Å². The summed E-state index contributed by atoms with van der Waals surface area (Å²) in [6.07, 6.45) is -6.23. The summed E-state index contributed by atoms with van der Waals surface area (Å²) >= 11 is 3.34. The molecule has 0 saturated heterocycles. The summed E-state index contributed by atoms with van der Waals surface area (Å²) in [6.45, 7) is 17.6. The van der Waals surface area contributed by atoms with Crippen LogP contribution in [0.15, 0.2) is 40.9 Å². The third-order valence-corrected chi connectivity index (χ3v) is 14.2. The molecule has 0 bridgehead atoms. The van der Waals surface area contributed by atoms with Crippen molar-refractivity contribution in [3.05, 3.63) is 57.8 Å². The van der Waals surface area contributed by atoms with Crippen LogP contribution in [0.5, 0.6) is 5.75 Å². The number of alkyl carbamates (subject to hydrolysis) is 1. The van der Waals surface area contributed by atoms with Gasteiger partial charge in [-0.25, -0.2) is 9.18 Å². The smallest absolute Gasteiger partial charge is 0.471 e. The molecule has 252 valence electrons. The minimum absolute atomic E-state index is 0.00237. The molecule has 0 heterocycles. The van der Waals surface area contributed by atoms with Gasteiger partial charge in [-0.15, -0.1) is 0 Å². The summed E-state index contributed by atoms with van der Waals surface area (Å²) in [5.41, 5.74) is -0.345. The number of amides is 2. The first-order chi connectivity index (χ1) is 20.7. The lowest BCUT2D eigenvalue weighted by Gasteiger charge is -2.43. The Labute approximate surface area is 273 Å². The Morgan fingerprint density at radius 3 is 2.00 bits per heavy atom. The van der Waals surface area contributed by atoms with Crippen LogP contribution in [0.2, 0.25) is 16.6 Å². The summed E-state index contributed by atoms with van der Waals surface area (Å²) < 4.78 is 74.0. The van der Waals surface area contributed by atoms with E-state index in [2.05, 4.69) is 62.8 Å². The minimum Gasteiger partial charge on any atom is -0.487 e. The molecule has 2 aromatic rings. The van der Waals surface area contributed by atoms with E-state index in [9.17, 15) is 22.8 Å². The van der Waals surface area contributed by atoms with E-state index in [0.29, 0.717) is 5.56 Å². The van der Waals surface area contributed by atoms with Crippen molar-refractivity contribution in [1.82, 2.24) is 5.32 Å². The number of hydrogen-bond donors (Lipinski definition) is 2. The molecule has 2 N–H and O–H groups in total. The molecule has 2 amide bonds. The molecule has 0 aliphatic heterocycles. The van der Waals surface area contributed by atoms with E-state index >= 15 is 4.39 Å². The molecule has 2 rings (SSSR count). The molecular weight excluding hydrogens is 676 g/mol. The number of benzene rings is 2. The van der Waals surface area contributed by atoms with E-state index in [-0.39, 0.29) is 52.0 Å². The van der Waals surface area contributed by atoms with Gasteiger partial charge in [-0.1, -0.05) is 87.8 Å². The average molecular weight is 722 g/mol. The van der Waals surface area contributed by atoms with Gasteiger partial charge in [0.2, 0.25) is 0 Å². The lowest BCUT2D eigenvalue weighted by molar-refractivity contribution is -0.167. The fourth-order valence-corrected chi connectivity index (χ4v) is 11.6. The molecule has 0 spiro atoms. The van der Waals surface area contributed by atoms with Gasteiger partial charge in [-0.05, 0) is 55.4 Å². The van der Waals surface area contributed by atoms with Crippen molar-refractivity contribution >= 4 is 41.9 Å². The first-order valence-corrected chi connectivity index (χ1v) is 17.8. The van der Waals surface area contributed by atoms with Crippen LogP contribution in [0.4, 0.5) is 28.0 Å². The van der Waals surface area contributed by atoms with Crippen LogP contribution in [0, 0.1) is 5.82 Å². The Morgan fingerprint density at radius 1 is 0.956 bits per heavy atom. The van der Waals surface area contributed by atoms with Gasteiger partial charge in [0.15, 0.2) is 14.1 Å². The van der Waals surface area contributed by atoms with Crippen molar-refractivity contribution in [2.75, 3.05) is 11.9 Å². The summed E-state index contributed by atoms with van der Waals surface area (Å²) in [4.78, 5) is 24.8. The molecule has 0 saturated carbocycles. The zero-order valence-corrected chi connectivity index (χ0v) is 29.9. The number of carbonyl (C=O) groups is 2. The molecule has 0 radical (unpaired) electrons. The normalized spacial score (nSPS) is 13.3. The van der Waals surface area contributed by atoms with Gasteiger partial charge < -0.3 is 24.5 Å². The fourth-order valence-electron chi connectivity index (χ4n) is 5.59. The Bertz CT molecular complexity index is 1280. The molecule has 45 heavy (non-hydrogen) atoms. The highest BCUT2D eigenvalue weighted by molar-refractivity contribution is 9.10. The SMILES string of the molecule is CC(C)[Si](OC[C@@H](Cc1c(Br)cc(OCc2ccccc2)c(NC(=O)C(F)(F)F)c1F)NC(=O)OC(C)(C)C)(C(C)C)C(C)C. The average Bonchev–Trinajstić information content (AvgIpc) is 2.90. The Kier molecular flexibility index (Phi) is 13.5. The maximum Gasteiger partial charge on any atom is 0.471 e. The Hall–Kier alpha value is -2.64. The third-order valence-electron chi connectivity index (χ3n) is 7.42. The van der Waals surface area contributed by atoms with Gasteiger partial charge in [-0.2, -0.15) is 13.2 Å². The molecule has 2 aromatic carbocycles. The Morgan fingerprint density at radius 2 is 1.51 bits per heavy atom. The first-order valence-electron chi connectivity index (χ1n) is 14.9. The van der Waals surface area contributed by atoms with Crippen LogP contribution in [0.1, 0.15) is 73.4 Å². The second-order valence-corrected chi connectivity index (χ2v) is 19.2. The molecule has 7 nitrogen and oxygen atoms in total. The third kappa shape index (κ3) is 10.7. The number of halogens is 5. The van der Waals surface area contributed by atoms with Crippen LogP contribution < -0.4 is 15.4 Å². The van der Waals surface area contributed by atoms with Crippen LogP contribution in [-0.4, -0.2) is 44.7 Å². The van der Waals surface area contributed by atoms with E-state index < -0.39 is 49.6 Å². The zero-order valence-electron chi connectivity index (χ0n) is 27.3. The predicted octanol–water partition coefficient (Wildman–Crippen LogP) is 9.30. The molecular formula is C32H45BrF4N2O5Si. The fraction of sp³-hybridized carbons (Fsp3) is 0.562. The van der Waals surface area contributed by atoms with E-state index in [1.807, 2.05) is 0 Å². The van der Waals surface area contributed by atoms with Gasteiger partial charge in [-0.3, -0.25) is 4.79 Å². The van der Waals surface area contributed by atoms with Gasteiger partial charge in [0.1, 0.15) is 23.6 Å². The number of rotatable bonds is 13. The molecule has 0 aliphatic carbocycles. The number of hydrogen-bond acceptors (Lipinski definition) is 5.